The van der Waals surface area contributed by atoms with Gasteiger partial charge < -0.3 is 4.43 Å². The minimum Gasteiger partial charge on any atom is -0.401 e. The average Bonchev–Trinajstić information content (AvgIpc) is 2.76. The molecule has 0 aliphatic carbocycles. The molecule has 0 N–H and O–H groups in total. The molecule has 0 bridgehead atoms. The summed E-state index contributed by atoms with van der Waals surface area (Å²) in [5, 5.41) is 3.07. The highest BCUT2D eigenvalue weighted by atomic mass is 35.5. The fourth-order valence-electron chi connectivity index (χ4n) is 3.22. The summed E-state index contributed by atoms with van der Waals surface area (Å²) in [6.45, 7) is -0.191. The first-order valence-corrected chi connectivity index (χ1v) is 13.4. The van der Waals surface area contributed by atoms with E-state index in [1.807, 2.05) is 91.0 Å². The van der Waals surface area contributed by atoms with Crippen molar-refractivity contribution >= 4 is 93.5 Å². The second-order valence-corrected chi connectivity index (χ2v) is 14.0. The summed E-state index contributed by atoms with van der Waals surface area (Å²) < 4.78 is 3.07. The fourth-order valence-corrected chi connectivity index (χ4v) is 8.36. The zero-order valence-corrected chi connectivity index (χ0v) is 21.2. The molecule has 3 aromatic rings. The molecule has 0 saturated heterocycles. The largest absolute Gasteiger partial charge is 0.401 e. The smallest absolute Gasteiger partial charge is 0.288 e. The second-order valence-electron chi connectivity index (χ2n) is 6.70. The van der Waals surface area contributed by atoms with Gasteiger partial charge in [-0.1, -0.05) is 137 Å². The molecule has 30 heavy (non-hydrogen) atoms. The third-order valence-corrected chi connectivity index (χ3v) is 12.2. The lowest BCUT2D eigenvalue weighted by molar-refractivity contribution is 0.298. The predicted molar refractivity (Wildman–Crippen MR) is 134 cm³/mol. The molecule has 0 unspecified atom stereocenters. The predicted octanol–water partition coefficient (Wildman–Crippen LogP) is 5.82. The lowest BCUT2D eigenvalue weighted by atomic mass is 10.3. The molecule has 8 heteroatoms. The molecule has 0 heterocycles. The third kappa shape index (κ3) is 4.82. The van der Waals surface area contributed by atoms with Crippen molar-refractivity contribution in [3.05, 3.63) is 91.0 Å². The zero-order chi connectivity index (χ0) is 21.8. The van der Waals surface area contributed by atoms with Crippen molar-refractivity contribution in [3.8, 4) is 0 Å². The van der Waals surface area contributed by atoms with Crippen molar-refractivity contribution < 1.29 is 4.43 Å². The van der Waals surface area contributed by atoms with Crippen LogP contribution in [0.5, 0.6) is 0 Å². The van der Waals surface area contributed by atoms with Crippen LogP contribution in [0, 0.1) is 0 Å². The van der Waals surface area contributed by atoms with Gasteiger partial charge in [-0.3, -0.25) is 0 Å². The molecule has 1 nitrogen and oxygen atoms in total. The lowest BCUT2D eigenvalue weighted by Gasteiger charge is -2.39. The van der Waals surface area contributed by atoms with Crippen molar-refractivity contribution in [2.75, 3.05) is 6.61 Å². The monoisotopic (exact) mass is 536 g/mol. The Kier molecular flexibility index (Phi) is 8.09. The average molecular weight is 539 g/mol. The van der Waals surface area contributed by atoms with E-state index in [0.717, 1.165) is 15.6 Å². The van der Waals surface area contributed by atoms with E-state index in [9.17, 15) is 0 Å². The summed E-state index contributed by atoms with van der Waals surface area (Å²) in [6, 6.07) is 30.0. The minimum atomic E-state index is -3.02. The van der Waals surface area contributed by atoms with Gasteiger partial charge in [-0.15, -0.1) is 23.2 Å². The molecular formula is C22H18Cl6OSi. The van der Waals surface area contributed by atoms with Crippen LogP contribution in [0.4, 0.5) is 0 Å². The summed E-state index contributed by atoms with van der Waals surface area (Å²) in [5.41, 5.74) is 0. The van der Waals surface area contributed by atoms with Crippen LogP contribution in [0.1, 0.15) is 0 Å². The molecule has 3 aromatic carbocycles. The van der Waals surface area contributed by atoms with E-state index in [1.165, 1.54) is 0 Å². The molecule has 0 aliphatic heterocycles. The summed E-state index contributed by atoms with van der Waals surface area (Å²) in [6.07, 6.45) is 0. The van der Waals surface area contributed by atoms with Crippen LogP contribution in [0.3, 0.4) is 0 Å². The van der Waals surface area contributed by atoms with E-state index in [-0.39, 0.29) is 6.61 Å². The SMILES string of the molecule is ClC(Cl)C(Cl)(Cl)C(Cl)(Cl)CO[Si](c1ccccc1)(c1ccccc1)c1ccccc1. The van der Waals surface area contributed by atoms with Gasteiger partial charge in [-0.2, -0.15) is 0 Å². The molecule has 0 saturated carbocycles. The Balaban J connectivity index is 2.17. The Morgan fingerprint density at radius 1 is 0.633 bits per heavy atom. The molecule has 0 aliphatic rings. The van der Waals surface area contributed by atoms with Gasteiger partial charge in [-0.25, -0.2) is 0 Å². The van der Waals surface area contributed by atoms with Crippen LogP contribution in [-0.2, 0) is 4.43 Å². The molecule has 158 valence electrons. The highest BCUT2D eigenvalue weighted by molar-refractivity contribution is 7.07. The highest BCUT2D eigenvalue weighted by Crippen LogP contribution is 2.48. The Hall–Kier alpha value is -0.423. The molecular weight excluding hydrogens is 521 g/mol. The topological polar surface area (TPSA) is 9.23 Å². The third-order valence-electron chi connectivity index (χ3n) is 4.77. The molecule has 0 spiro atoms. The standard InChI is InChI=1S/C22H18Cl6OSi/c23-20(24)22(27,28)21(25,26)16-29-30(17-10-4-1-5-11-17,18-12-6-2-7-13-18)19-14-8-3-9-15-19/h1-15,20H,16H2. The van der Waals surface area contributed by atoms with Crippen molar-refractivity contribution in [2.24, 2.45) is 0 Å². The number of benzene rings is 3. The van der Waals surface area contributed by atoms with Gasteiger partial charge in [0.2, 0.25) is 0 Å². The Morgan fingerprint density at radius 2 is 0.967 bits per heavy atom. The summed E-state index contributed by atoms with van der Waals surface area (Å²) in [7, 11) is -3.02. The van der Waals surface area contributed by atoms with Crippen LogP contribution in [0.25, 0.3) is 0 Å². The Bertz CT molecular complexity index is 839. The van der Waals surface area contributed by atoms with Gasteiger partial charge in [0.05, 0.1) is 6.61 Å². The molecule has 3 rings (SSSR count). The van der Waals surface area contributed by atoms with Crippen LogP contribution in [0.15, 0.2) is 91.0 Å². The minimum absolute atomic E-state index is 0.191. The van der Waals surface area contributed by atoms with Gasteiger partial charge in [-0.05, 0) is 15.6 Å². The van der Waals surface area contributed by atoms with E-state index in [4.69, 9.17) is 74.0 Å². The van der Waals surface area contributed by atoms with E-state index < -0.39 is 21.8 Å². The van der Waals surface area contributed by atoms with Gasteiger partial charge in [0.1, 0.15) is 4.84 Å². The maximum Gasteiger partial charge on any atom is 0.288 e. The maximum absolute atomic E-state index is 6.68. The Labute approximate surface area is 207 Å². The number of hydrogen-bond acceptors (Lipinski definition) is 1. The van der Waals surface area contributed by atoms with Crippen LogP contribution >= 0.6 is 69.6 Å². The first-order valence-electron chi connectivity index (χ1n) is 9.06. The second kappa shape index (κ2) is 10.0. The highest BCUT2D eigenvalue weighted by Gasteiger charge is 2.54. The molecule has 0 aromatic heterocycles. The van der Waals surface area contributed by atoms with Gasteiger partial charge in [0, 0.05) is 0 Å². The quantitative estimate of drug-likeness (QED) is 0.199. The zero-order valence-electron chi connectivity index (χ0n) is 15.6. The number of rotatable bonds is 8. The number of alkyl halides is 6. The van der Waals surface area contributed by atoms with Crippen molar-refractivity contribution in [3.63, 3.8) is 0 Å². The van der Waals surface area contributed by atoms with E-state index in [1.54, 1.807) is 0 Å². The van der Waals surface area contributed by atoms with E-state index in [2.05, 4.69) is 0 Å². The van der Waals surface area contributed by atoms with Crippen molar-refractivity contribution in [1.29, 1.82) is 0 Å². The van der Waals surface area contributed by atoms with E-state index in [0.29, 0.717) is 0 Å². The van der Waals surface area contributed by atoms with Crippen LogP contribution < -0.4 is 15.6 Å². The van der Waals surface area contributed by atoms with Gasteiger partial charge >= 0.3 is 0 Å². The van der Waals surface area contributed by atoms with Crippen LogP contribution in [-0.4, -0.2) is 28.4 Å². The molecule has 0 atom stereocenters. The van der Waals surface area contributed by atoms with Gasteiger partial charge in [0.15, 0.2) is 8.67 Å². The number of halogens is 6. The maximum atomic E-state index is 6.68. The fraction of sp³-hybridized carbons (Fsp3) is 0.182. The normalized spacial score (nSPS) is 12.9. The number of hydrogen-bond donors (Lipinski definition) is 0. The first-order chi connectivity index (χ1) is 14.2. The van der Waals surface area contributed by atoms with Crippen molar-refractivity contribution in [2.45, 2.75) is 13.5 Å². The van der Waals surface area contributed by atoms with Crippen LogP contribution in [0.2, 0.25) is 0 Å². The molecule has 0 fully saturated rings. The lowest BCUT2D eigenvalue weighted by Crippen LogP contribution is -2.70. The van der Waals surface area contributed by atoms with Gasteiger partial charge in [0.25, 0.3) is 8.32 Å². The van der Waals surface area contributed by atoms with E-state index >= 15 is 0 Å². The summed E-state index contributed by atoms with van der Waals surface area (Å²) in [4.78, 5) is -1.22. The summed E-state index contributed by atoms with van der Waals surface area (Å²) >= 11 is 37.5. The summed E-state index contributed by atoms with van der Waals surface area (Å²) in [5.74, 6) is 0. The first kappa shape index (κ1) is 24.2. The molecule has 0 amide bonds. The Morgan fingerprint density at radius 3 is 1.27 bits per heavy atom. The molecule has 0 radical (unpaired) electrons. The van der Waals surface area contributed by atoms with Crippen molar-refractivity contribution in [1.82, 2.24) is 0 Å².